The van der Waals surface area contributed by atoms with E-state index in [9.17, 15) is 9.59 Å². The molecule has 0 unspecified atom stereocenters. The van der Waals surface area contributed by atoms with E-state index in [-0.39, 0.29) is 18.5 Å². The quantitative estimate of drug-likeness (QED) is 0.711. The van der Waals surface area contributed by atoms with Gasteiger partial charge in [0.25, 0.3) is 0 Å². The molecule has 0 aromatic heterocycles. The maximum absolute atomic E-state index is 11.7. The van der Waals surface area contributed by atoms with Crippen LogP contribution in [-0.4, -0.2) is 36.7 Å². The van der Waals surface area contributed by atoms with Crippen molar-refractivity contribution in [1.29, 1.82) is 0 Å². The molecule has 3 rings (SSSR count). The molecule has 1 aliphatic rings. The van der Waals surface area contributed by atoms with E-state index in [0.717, 1.165) is 11.1 Å². The molecule has 6 heteroatoms. The second-order valence-electron chi connectivity index (χ2n) is 5.87. The van der Waals surface area contributed by atoms with Gasteiger partial charge in [-0.25, -0.2) is 4.79 Å². The summed E-state index contributed by atoms with van der Waals surface area (Å²) in [4.78, 5) is 25.0. The van der Waals surface area contributed by atoms with Gasteiger partial charge >= 0.3 is 12.1 Å². The van der Waals surface area contributed by atoms with Crippen LogP contribution in [0, 0.1) is 0 Å². The van der Waals surface area contributed by atoms with E-state index in [0.29, 0.717) is 37.8 Å². The lowest BCUT2D eigenvalue weighted by molar-refractivity contribution is -0.142. The van der Waals surface area contributed by atoms with Crippen molar-refractivity contribution in [3.8, 4) is 11.5 Å². The highest BCUT2D eigenvalue weighted by molar-refractivity contribution is 5.72. The summed E-state index contributed by atoms with van der Waals surface area (Å²) in [7, 11) is 0. The minimum atomic E-state index is -0.309. The third-order valence-electron chi connectivity index (χ3n) is 3.96. The van der Waals surface area contributed by atoms with Gasteiger partial charge in [-0.2, -0.15) is 0 Å². The van der Waals surface area contributed by atoms with E-state index in [2.05, 4.69) is 0 Å². The number of carbonyl (C=O) groups is 2. The topological polar surface area (TPSA) is 65.1 Å². The maximum Gasteiger partial charge on any atom is 0.410 e. The Hall–Kier alpha value is -3.02. The Morgan fingerprint density at radius 2 is 2.04 bits per heavy atom. The Balaban J connectivity index is 1.73. The van der Waals surface area contributed by atoms with Crippen molar-refractivity contribution < 1.29 is 23.8 Å². The number of hydrogen-bond acceptors (Lipinski definition) is 5. The summed E-state index contributed by atoms with van der Waals surface area (Å²) < 4.78 is 16.0. The number of cyclic esters (lactones) is 1. The highest BCUT2D eigenvalue weighted by Gasteiger charge is 2.23. The van der Waals surface area contributed by atoms with Crippen LogP contribution in [0.15, 0.2) is 48.5 Å². The van der Waals surface area contributed by atoms with E-state index >= 15 is 0 Å². The maximum atomic E-state index is 11.7. The van der Waals surface area contributed by atoms with Crippen molar-refractivity contribution in [3.05, 3.63) is 59.7 Å². The lowest BCUT2D eigenvalue weighted by Crippen LogP contribution is -2.23. The number of benzene rings is 2. The Labute approximate surface area is 152 Å². The number of nitrogens with zero attached hydrogens (tertiary/aromatic N) is 1. The zero-order valence-corrected chi connectivity index (χ0v) is 14.6. The van der Waals surface area contributed by atoms with Crippen LogP contribution in [0.5, 0.6) is 11.5 Å². The van der Waals surface area contributed by atoms with Crippen LogP contribution in [0.2, 0.25) is 0 Å². The van der Waals surface area contributed by atoms with Crippen molar-refractivity contribution in [2.45, 2.75) is 19.9 Å². The van der Waals surface area contributed by atoms with Crippen LogP contribution in [-0.2, 0) is 27.2 Å². The molecule has 2 aromatic carbocycles. The minimum Gasteiger partial charge on any atom is -0.466 e. The zero-order valence-electron chi connectivity index (χ0n) is 14.6. The molecule has 0 bridgehead atoms. The van der Waals surface area contributed by atoms with E-state index in [1.165, 1.54) is 0 Å². The molecule has 0 aliphatic carbocycles. The van der Waals surface area contributed by atoms with Crippen molar-refractivity contribution in [2.24, 2.45) is 0 Å². The molecule has 0 radical (unpaired) electrons. The SMILES string of the molecule is CCOC(=O)Cc1cccc(Oc2ccccc2CN2CCOC2=O)c1. The smallest absolute Gasteiger partial charge is 0.410 e. The summed E-state index contributed by atoms with van der Waals surface area (Å²) in [5.41, 5.74) is 1.71. The number of ether oxygens (including phenoxy) is 3. The van der Waals surface area contributed by atoms with Crippen molar-refractivity contribution in [3.63, 3.8) is 0 Å². The first-order valence-corrected chi connectivity index (χ1v) is 8.57. The van der Waals surface area contributed by atoms with E-state index in [1.807, 2.05) is 48.5 Å². The van der Waals surface area contributed by atoms with Crippen molar-refractivity contribution >= 4 is 12.1 Å². The van der Waals surface area contributed by atoms with Gasteiger partial charge in [0.05, 0.1) is 26.1 Å². The minimum absolute atomic E-state index is 0.201. The summed E-state index contributed by atoms with van der Waals surface area (Å²) >= 11 is 0. The van der Waals surface area contributed by atoms with Crippen molar-refractivity contribution in [1.82, 2.24) is 4.90 Å². The van der Waals surface area contributed by atoms with E-state index in [4.69, 9.17) is 14.2 Å². The van der Waals surface area contributed by atoms with Crippen LogP contribution in [0.3, 0.4) is 0 Å². The first-order valence-electron chi connectivity index (χ1n) is 8.57. The fourth-order valence-corrected chi connectivity index (χ4v) is 2.73. The molecule has 1 heterocycles. The monoisotopic (exact) mass is 355 g/mol. The molecule has 0 N–H and O–H groups in total. The van der Waals surface area contributed by atoms with Gasteiger partial charge in [0.2, 0.25) is 0 Å². The van der Waals surface area contributed by atoms with Gasteiger partial charge in [-0.15, -0.1) is 0 Å². The van der Waals surface area contributed by atoms with Gasteiger partial charge in [0.15, 0.2) is 0 Å². The lowest BCUT2D eigenvalue weighted by atomic mass is 10.1. The molecule has 1 aliphatic heterocycles. The molecule has 2 aromatic rings. The Bertz CT molecular complexity index is 789. The van der Waals surface area contributed by atoms with Gasteiger partial charge in [-0.1, -0.05) is 30.3 Å². The predicted octanol–water partition coefficient (Wildman–Crippen LogP) is 3.54. The Morgan fingerprint density at radius 3 is 2.81 bits per heavy atom. The Morgan fingerprint density at radius 1 is 1.19 bits per heavy atom. The molecule has 0 saturated carbocycles. The van der Waals surface area contributed by atoms with Gasteiger partial charge < -0.3 is 19.1 Å². The summed E-state index contributed by atoms with van der Waals surface area (Å²) in [6.45, 7) is 3.56. The second kappa shape index (κ2) is 8.38. The summed E-state index contributed by atoms with van der Waals surface area (Å²) in [5.74, 6) is 1.03. The fraction of sp³-hybridized carbons (Fsp3) is 0.300. The second-order valence-corrected chi connectivity index (χ2v) is 5.87. The third kappa shape index (κ3) is 4.53. The molecular formula is C20H21NO5. The average Bonchev–Trinajstić information content (AvgIpc) is 3.02. The first-order chi connectivity index (χ1) is 12.7. The average molecular weight is 355 g/mol. The largest absolute Gasteiger partial charge is 0.466 e. The zero-order chi connectivity index (χ0) is 18.4. The number of rotatable bonds is 7. The van der Waals surface area contributed by atoms with Gasteiger partial charge in [0.1, 0.15) is 18.1 Å². The molecule has 0 atom stereocenters. The molecule has 1 amide bonds. The highest BCUT2D eigenvalue weighted by Crippen LogP contribution is 2.27. The molecule has 26 heavy (non-hydrogen) atoms. The van der Waals surface area contributed by atoms with Crippen molar-refractivity contribution in [2.75, 3.05) is 19.8 Å². The lowest BCUT2D eigenvalue weighted by Gasteiger charge is -2.16. The number of para-hydroxylation sites is 1. The number of hydrogen-bond donors (Lipinski definition) is 0. The van der Waals surface area contributed by atoms with Gasteiger partial charge in [-0.05, 0) is 30.7 Å². The Kier molecular flexibility index (Phi) is 5.73. The normalized spacial score (nSPS) is 13.4. The highest BCUT2D eigenvalue weighted by atomic mass is 16.6. The molecular weight excluding hydrogens is 334 g/mol. The standard InChI is InChI=1S/C20H21NO5/c1-2-24-19(22)13-15-6-5-8-17(12-15)26-18-9-4-3-7-16(18)14-21-10-11-25-20(21)23/h3-9,12H,2,10-11,13-14H2,1H3. The summed E-state index contributed by atoms with van der Waals surface area (Å²) in [6.07, 6.45) is -0.108. The van der Waals surface area contributed by atoms with E-state index < -0.39 is 0 Å². The number of amides is 1. The van der Waals surface area contributed by atoms with Crippen LogP contribution >= 0.6 is 0 Å². The first kappa shape index (κ1) is 17.8. The van der Waals surface area contributed by atoms with Gasteiger partial charge in [0, 0.05) is 5.56 Å². The number of esters is 1. The number of carbonyl (C=O) groups excluding carboxylic acids is 2. The van der Waals surface area contributed by atoms with Crippen LogP contribution in [0.4, 0.5) is 4.79 Å². The molecule has 1 fully saturated rings. The molecule has 136 valence electrons. The molecule has 0 spiro atoms. The van der Waals surface area contributed by atoms with Crippen LogP contribution in [0.25, 0.3) is 0 Å². The predicted molar refractivity (Wildman–Crippen MR) is 95.1 cm³/mol. The third-order valence-corrected chi connectivity index (χ3v) is 3.96. The van der Waals surface area contributed by atoms with E-state index in [1.54, 1.807) is 11.8 Å². The molecule has 1 saturated heterocycles. The van der Waals surface area contributed by atoms with Crippen LogP contribution in [0.1, 0.15) is 18.1 Å². The fourth-order valence-electron chi connectivity index (χ4n) is 2.73. The van der Waals surface area contributed by atoms with Gasteiger partial charge in [-0.3, -0.25) is 4.79 Å². The van der Waals surface area contributed by atoms with Crippen LogP contribution < -0.4 is 4.74 Å². The summed E-state index contributed by atoms with van der Waals surface area (Å²) in [5, 5.41) is 0. The molecule has 6 nitrogen and oxygen atoms in total. The summed E-state index contributed by atoms with van der Waals surface area (Å²) in [6, 6.07) is 14.9.